The third kappa shape index (κ3) is 4.74. The summed E-state index contributed by atoms with van der Waals surface area (Å²) in [6.07, 6.45) is 3.45. The van der Waals surface area contributed by atoms with Gasteiger partial charge in [-0.25, -0.2) is 9.31 Å². The molecule has 0 spiro atoms. The molecular formula is C29H29N5O5. The van der Waals surface area contributed by atoms with Gasteiger partial charge in [0.25, 0.3) is 5.91 Å². The topological polar surface area (TPSA) is 97.6 Å². The molecule has 4 aromatic rings. The van der Waals surface area contributed by atoms with Gasteiger partial charge in [-0.1, -0.05) is 30.3 Å². The summed E-state index contributed by atoms with van der Waals surface area (Å²) in [5, 5.41) is 7.36. The summed E-state index contributed by atoms with van der Waals surface area (Å²) in [4.78, 5) is 29.4. The van der Waals surface area contributed by atoms with Crippen LogP contribution < -0.4 is 19.7 Å². The average molecular weight is 528 g/mol. The summed E-state index contributed by atoms with van der Waals surface area (Å²) < 4.78 is 19.1. The van der Waals surface area contributed by atoms with Crippen molar-refractivity contribution in [2.75, 3.05) is 38.3 Å². The first-order valence-electron chi connectivity index (χ1n) is 12.8. The second kappa shape index (κ2) is 10.3. The lowest BCUT2D eigenvalue weighted by Crippen LogP contribution is -2.54. The van der Waals surface area contributed by atoms with Gasteiger partial charge in [-0.05, 0) is 30.2 Å². The van der Waals surface area contributed by atoms with Crippen molar-refractivity contribution in [1.82, 2.24) is 19.8 Å². The minimum absolute atomic E-state index is 0.0509. The number of methoxy groups -OCH3 is 1. The van der Waals surface area contributed by atoms with E-state index < -0.39 is 0 Å². The van der Waals surface area contributed by atoms with Crippen molar-refractivity contribution < 1.29 is 23.8 Å². The lowest BCUT2D eigenvalue weighted by Gasteiger charge is -2.38. The zero-order valence-electron chi connectivity index (χ0n) is 21.8. The fraction of sp³-hybridized carbons (Fsp3) is 0.276. The summed E-state index contributed by atoms with van der Waals surface area (Å²) in [6, 6.07) is 16.8. The highest BCUT2D eigenvalue weighted by Gasteiger charge is 2.33. The summed E-state index contributed by atoms with van der Waals surface area (Å²) >= 11 is 0. The van der Waals surface area contributed by atoms with Crippen LogP contribution in [0, 0.1) is 6.92 Å². The van der Waals surface area contributed by atoms with Crippen LogP contribution >= 0.6 is 0 Å². The van der Waals surface area contributed by atoms with Crippen LogP contribution in [0.5, 0.6) is 17.2 Å². The van der Waals surface area contributed by atoms with Gasteiger partial charge in [-0.15, -0.1) is 0 Å². The van der Waals surface area contributed by atoms with Crippen LogP contribution in [0.2, 0.25) is 0 Å². The number of benzene rings is 2. The molecule has 0 aliphatic carbocycles. The number of amides is 3. The van der Waals surface area contributed by atoms with E-state index in [1.807, 2.05) is 43.3 Å². The van der Waals surface area contributed by atoms with Gasteiger partial charge in [0.05, 0.1) is 30.1 Å². The molecule has 1 N–H and O–H groups in total. The van der Waals surface area contributed by atoms with Crippen molar-refractivity contribution in [2.24, 2.45) is 0 Å². The molecule has 0 atom stereocenters. The molecule has 0 saturated carbocycles. The number of aromatic nitrogens is 2. The number of likely N-dealkylation sites (tertiary alicyclic amines) is 1. The van der Waals surface area contributed by atoms with Crippen molar-refractivity contribution in [1.29, 1.82) is 0 Å². The summed E-state index contributed by atoms with van der Waals surface area (Å²) in [5.41, 5.74) is 3.79. The maximum Gasteiger partial charge on any atom is 0.322 e. The van der Waals surface area contributed by atoms with E-state index in [4.69, 9.17) is 14.2 Å². The number of hydrogen-bond donors (Lipinski definition) is 1. The molecular weight excluding hydrogens is 498 g/mol. The lowest BCUT2D eigenvalue weighted by atomic mass is 10.1. The number of anilines is 1. The van der Waals surface area contributed by atoms with Gasteiger partial charge in [0, 0.05) is 45.1 Å². The number of hydrogen-bond acceptors (Lipinski definition) is 6. The molecule has 0 unspecified atom stereocenters. The molecule has 2 aliphatic rings. The van der Waals surface area contributed by atoms with Gasteiger partial charge in [0.2, 0.25) is 0 Å². The Hall–Kier alpha value is -4.57. The Balaban J connectivity index is 1.20. The summed E-state index contributed by atoms with van der Waals surface area (Å²) in [5.74, 6) is 1.62. The highest BCUT2D eigenvalue weighted by atomic mass is 16.5. The fourth-order valence-electron chi connectivity index (χ4n) is 4.92. The maximum atomic E-state index is 13.1. The van der Waals surface area contributed by atoms with E-state index >= 15 is 0 Å². The van der Waals surface area contributed by atoms with Crippen molar-refractivity contribution in [3.05, 3.63) is 83.7 Å². The Morgan fingerprint density at radius 2 is 1.95 bits per heavy atom. The van der Waals surface area contributed by atoms with Crippen LogP contribution in [0.15, 0.2) is 67.0 Å². The molecule has 10 heteroatoms. The Labute approximate surface area is 225 Å². The first kappa shape index (κ1) is 24.7. The normalized spacial score (nSPS) is 14.9. The third-order valence-corrected chi connectivity index (χ3v) is 7.14. The monoisotopic (exact) mass is 527 g/mol. The van der Waals surface area contributed by atoms with Gasteiger partial charge in [-0.2, -0.15) is 5.10 Å². The number of fused-ring (bicyclic) bond motifs is 2. The van der Waals surface area contributed by atoms with Crippen LogP contribution in [0.3, 0.4) is 0 Å². The van der Waals surface area contributed by atoms with E-state index in [-0.39, 0.29) is 18.0 Å². The minimum Gasteiger partial charge on any atom is -0.489 e. The van der Waals surface area contributed by atoms with Gasteiger partial charge in [-0.3, -0.25) is 9.69 Å². The van der Waals surface area contributed by atoms with Crippen molar-refractivity contribution >= 4 is 23.1 Å². The van der Waals surface area contributed by atoms with Crippen LogP contribution in [0.25, 0.3) is 5.52 Å². The van der Waals surface area contributed by atoms with Gasteiger partial charge in [0.1, 0.15) is 23.6 Å². The Kier molecular flexibility index (Phi) is 6.54. The van der Waals surface area contributed by atoms with E-state index in [1.54, 1.807) is 52.0 Å². The molecule has 10 nitrogen and oxygen atoms in total. The molecule has 2 aromatic heterocycles. The smallest absolute Gasteiger partial charge is 0.322 e. The average Bonchev–Trinajstić information content (AvgIpc) is 3.28. The Morgan fingerprint density at radius 3 is 2.74 bits per heavy atom. The number of aryl methyl sites for hydroxylation is 1. The molecule has 1 saturated heterocycles. The van der Waals surface area contributed by atoms with E-state index in [9.17, 15) is 9.59 Å². The van der Waals surface area contributed by atoms with Crippen LogP contribution in [0.4, 0.5) is 10.5 Å². The standard InChI is InChI=1S/C29H29N5O5/c1-19-23(28(35)32-16-22(17-32)37-2)18-34-27(19)25(10-11-31-34)39-21-8-9-24-26(14-21)38-13-12-33(24)29(36)30-15-20-6-4-3-5-7-20/h3-11,14,18,22H,12-13,15-17H2,1-2H3,(H,30,36). The fourth-order valence-corrected chi connectivity index (χ4v) is 4.92. The predicted molar refractivity (Wildman–Crippen MR) is 145 cm³/mol. The highest BCUT2D eigenvalue weighted by molar-refractivity contribution is 5.99. The number of carbonyl (C=O) groups excluding carboxylic acids is 2. The van der Waals surface area contributed by atoms with Gasteiger partial charge < -0.3 is 24.4 Å². The van der Waals surface area contributed by atoms with E-state index in [0.29, 0.717) is 66.8 Å². The van der Waals surface area contributed by atoms with E-state index in [0.717, 1.165) is 11.1 Å². The third-order valence-electron chi connectivity index (χ3n) is 7.14. The molecule has 1 fully saturated rings. The predicted octanol–water partition coefficient (Wildman–Crippen LogP) is 4.01. The Bertz CT molecular complexity index is 1530. The van der Waals surface area contributed by atoms with Crippen molar-refractivity contribution in [3.63, 3.8) is 0 Å². The quantitative estimate of drug-likeness (QED) is 0.407. The molecule has 0 radical (unpaired) electrons. The first-order chi connectivity index (χ1) is 19.0. The Morgan fingerprint density at radius 1 is 1.13 bits per heavy atom. The summed E-state index contributed by atoms with van der Waals surface area (Å²) in [6.45, 7) is 4.31. The zero-order valence-corrected chi connectivity index (χ0v) is 21.8. The van der Waals surface area contributed by atoms with Gasteiger partial charge in [0.15, 0.2) is 5.75 Å². The van der Waals surface area contributed by atoms with Crippen LogP contribution in [-0.4, -0.2) is 65.9 Å². The zero-order chi connectivity index (χ0) is 26.9. The number of carbonyl (C=O) groups is 2. The number of urea groups is 1. The molecule has 200 valence electrons. The maximum absolute atomic E-state index is 13.1. The number of nitrogens with zero attached hydrogens (tertiary/aromatic N) is 4. The second-order valence-electron chi connectivity index (χ2n) is 9.60. The molecule has 4 heterocycles. The second-order valence-corrected chi connectivity index (χ2v) is 9.60. The molecule has 39 heavy (non-hydrogen) atoms. The van der Waals surface area contributed by atoms with E-state index in [2.05, 4.69) is 10.4 Å². The van der Waals surface area contributed by atoms with Crippen LogP contribution in [-0.2, 0) is 11.3 Å². The lowest BCUT2D eigenvalue weighted by molar-refractivity contribution is -0.0192. The largest absolute Gasteiger partial charge is 0.489 e. The number of ether oxygens (including phenoxy) is 3. The minimum atomic E-state index is -0.187. The summed E-state index contributed by atoms with van der Waals surface area (Å²) in [7, 11) is 1.65. The van der Waals surface area contributed by atoms with Crippen molar-refractivity contribution in [2.45, 2.75) is 19.6 Å². The number of rotatable bonds is 6. The molecule has 2 aliphatic heterocycles. The SMILES string of the molecule is COC1CN(C(=O)c2cn3nccc(Oc4ccc5c(c4)OCCN5C(=O)NCc4ccccc4)c3c2C)C1. The highest BCUT2D eigenvalue weighted by Crippen LogP contribution is 2.38. The molecule has 0 bridgehead atoms. The van der Waals surface area contributed by atoms with Crippen LogP contribution in [0.1, 0.15) is 21.5 Å². The number of nitrogens with one attached hydrogen (secondary N) is 1. The first-order valence-corrected chi connectivity index (χ1v) is 12.8. The van der Waals surface area contributed by atoms with Crippen molar-refractivity contribution in [3.8, 4) is 17.2 Å². The molecule has 6 rings (SSSR count). The molecule has 2 aromatic carbocycles. The molecule has 3 amide bonds. The van der Waals surface area contributed by atoms with Gasteiger partial charge >= 0.3 is 6.03 Å². The van der Waals surface area contributed by atoms with E-state index in [1.165, 1.54) is 0 Å².